The van der Waals surface area contributed by atoms with Crippen LogP contribution in [-0.4, -0.2) is 41.6 Å². The fourth-order valence-electron chi connectivity index (χ4n) is 2.66. The molecule has 0 spiro atoms. The van der Waals surface area contributed by atoms with Crippen LogP contribution in [0.15, 0.2) is 24.3 Å². The van der Waals surface area contributed by atoms with Crippen molar-refractivity contribution in [3.05, 3.63) is 35.4 Å². The molecule has 0 aromatic heterocycles. The van der Waals surface area contributed by atoms with E-state index in [1.807, 2.05) is 19.1 Å². The number of nitrogens with zero attached hydrogens (tertiary/aromatic N) is 1. The molecule has 1 atom stereocenters. The quantitative estimate of drug-likeness (QED) is 0.842. The van der Waals surface area contributed by atoms with Gasteiger partial charge in [-0.25, -0.2) is 4.79 Å². The maximum Gasteiger partial charge on any atom is 0.335 e. The molecule has 1 aromatic carbocycles. The molecule has 1 saturated heterocycles. The second kappa shape index (κ2) is 7.22. The molecule has 0 unspecified atom stereocenters. The summed E-state index contributed by atoms with van der Waals surface area (Å²) in [5, 5.41) is 8.88. The first-order valence-corrected chi connectivity index (χ1v) is 7.31. The molecule has 0 aliphatic carbocycles. The molecule has 1 aliphatic heterocycles. The normalized spacial score (nSPS) is 19.2. The zero-order valence-electron chi connectivity index (χ0n) is 12.2. The van der Waals surface area contributed by atoms with Crippen LogP contribution in [0.5, 0.6) is 0 Å². The van der Waals surface area contributed by atoms with Crippen LogP contribution >= 0.6 is 0 Å². The van der Waals surface area contributed by atoms with Gasteiger partial charge < -0.3 is 9.84 Å². The highest BCUT2D eigenvalue weighted by Gasteiger charge is 2.26. The summed E-state index contributed by atoms with van der Waals surface area (Å²) in [5.74, 6) is -1.07. The Morgan fingerprint density at radius 3 is 2.67 bits per heavy atom. The van der Waals surface area contributed by atoms with E-state index in [9.17, 15) is 9.59 Å². The van der Waals surface area contributed by atoms with E-state index < -0.39 is 5.97 Å². The second-order valence-electron chi connectivity index (χ2n) is 5.33. The van der Waals surface area contributed by atoms with E-state index in [2.05, 4.69) is 4.90 Å². The van der Waals surface area contributed by atoms with Gasteiger partial charge in [-0.1, -0.05) is 12.1 Å². The molecule has 5 heteroatoms. The molecule has 1 N–H and O–H groups in total. The predicted octanol–water partition coefficient (Wildman–Crippen LogP) is 2.16. The zero-order chi connectivity index (χ0) is 15.2. The number of carboxylic acids is 1. The van der Waals surface area contributed by atoms with Crippen molar-refractivity contribution in [3.63, 3.8) is 0 Å². The fourth-order valence-corrected chi connectivity index (χ4v) is 2.66. The topological polar surface area (TPSA) is 66.8 Å². The first-order valence-electron chi connectivity index (χ1n) is 7.31. The van der Waals surface area contributed by atoms with Gasteiger partial charge in [0.1, 0.15) is 0 Å². The minimum Gasteiger partial charge on any atom is -0.478 e. The largest absolute Gasteiger partial charge is 0.478 e. The Morgan fingerprint density at radius 2 is 2.05 bits per heavy atom. The summed E-state index contributed by atoms with van der Waals surface area (Å²) in [6, 6.07) is 6.89. The molecular weight excluding hydrogens is 270 g/mol. The minimum atomic E-state index is -0.915. The van der Waals surface area contributed by atoms with E-state index in [-0.39, 0.29) is 11.9 Å². The number of hydrogen-bond acceptors (Lipinski definition) is 4. The second-order valence-corrected chi connectivity index (χ2v) is 5.33. The molecule has 1 fully saturated rings. The summed E-state index contributed by atoms with van der Waals surface area (Å²) in [4.78, 5) is 24.8. The summed E-state index contributed by atoms with van der Waals surface area (Å²) in [7, 11) is 0. The standard InChI is InChI=1S/C16H21NO4/c1-2-21-16(20)14-4-3-9-17(11-14)10-12-5-7-13(8-6-12)15(18)19/h5-8,14H,2-4,9-11H2,1H3,(H,18,19)/t14-/m0/s1. The average molecular weight is 291 g/mol. The van der Waals surface area contributed by atoms with Crippen molar-refractivity contribution >= 4 is 11.9 Å². The molecule has 5 nitrogen and oxygen atoms in total. The number of ether oxygens (including phenoxy) is 1. The van der Waals surface area contributed by atoms with Crippen LogP contribution in [-0.2, 0) is 16.1 Å². The summed E-state index contributed by atoms with van der Waals surface area (Å²) in [6.45, 7) is 4.64. The van der Waals surface area contributed by atoms with E-state index in [0.717, 1.165) is 31.5 Å². The van der Waals surface area contributed by atoms with Crippen LogP contribution in [0.25, 0.3) is 0 Å². The maximum absolute atomic E-state index is 11.8. The fraction of sp³-hybridized carbons (Fsp3) is 0.500. The highest BCUT2D eigenvalue weighted by atomic mass is 16.5. The SMILES string of the molecule is CCOC(=O)[C@H]1CCCN(Cc2ccc(C(=O)O)cc2)C1. The number of carbonyl (C=O) groups excluding carboxylic acids is 1. The van der Waals surface area contributed by atoms with Gasteiger partial charge in [0, 0.05) is 13.1 Å². The van der Waals surface area contributed by atoms with Crippen molar-refractivity contribution in [2.75, 3.05) is 19.7 Å². The van der Waals surface area contributed by atoms with Gasteiger partial charge in [0.15, 0.2) is 0 Å². The first kappa shape index (κ1) is 15.5. The van der Waals surface area contributed by atoms with Crippen molar-refractivity contribution < 1.29 is 19.4 Å². The lowest BCUT2D eigenvalue weighted by molar-refractivity contribution is -0.150. The number of hydrogen-bond donors (Lipinski definition) is 1. The molecular formula is C16H21NO4. The van der Waals surface area contributed by atoms with Crippen molar-refractivity contribution in [1.82, 2.24) is 4.90 Å². The lowest BCUT2D eigenvalue weighted by Crippen LogP contribution is -2.38. The Labute approximate surface area is 124 Å². The molecule has 2 rings (SSSR count). The number of benzene rings is 1. The number of carbonyl (C=O) groups is 2. The molecule has 114 valence electrons. The number of piperidine rings is 1. The third-order valence-corrected chi connectivity index (χ3v) is 3.73. The third-order valence-electron chi connectivity index (χ3n) is 3.73. The highest BCUT2D eigenvalue weighted by molar-refractivity contribution is 5.87. The monoisotopic (exact) mass is 291 g/mol. The predicted molar refractivity (Wildman–Crippen MR) is 78.0 cm³/mol. The van der Waals surface area contributed by atoms with Gasteiger partial charge in [0.2, 0.25) is 0 Å². The number of carboxylic acid groups (broad SMARTS) is 1. The van der Waals surface area contributed by atoms with Crippen molar-refractivity contribution in [2.24, 2.45) is 5.92 Å². The van der Waals surface area contributed by atoms with E-state index >= 15 is 0 Å². The summed E-state index contributed by atoms with van der Waals surface area (Å²) in [6.07, 6.45) is 1.87. The van der Waals surface area contributed by atoms with Gasteiger partial charge >= 0.3 is 11.9 Å². The molecule has 0 amide bonds. The summed E-state index contributed by atoms with van der Waals surface area (Å²) in [5.41, 5.74) is 1.35. The minimum absolute atomic E-state index is 0.0445. The van der Waals surface area contributed by atoms with Gasteiger partial charge in [0.25, 0.3) is 0 Å². The van der Waals surface area contributed by atoms with Crippen LogP contribution in [0.4, 0.5) is 0 Å². The Balaban J connectivity index is 1.93. The lowest BCUT2D eigenvalue weighted by atomic mass is 9.97. The molecule has 0 radical (unpaired) electrons. The zero-order valence-corrected chi connectivity index (χ0v) is 12.2. The number of esters is 1. The van der Waals surface area contributed by atoms with E-state index in [1.165, 1.54) is 0 Å². The van der Waals surface area contributed by atoms with Gasteiger partial charge in [-0.15, -0.1) is 0 Å². The number of likely N-dealkylation sites (tertiary alicyclic amines) is 1. The summed E-state index contributed by atoms with van der Waals surface area (Å²) >= 11 is 0. The highest BCUT2D eigenvalue weighted by Crippen LogP contribution is 2.20. The average Bonchev–Trinajstić information content (AvgIpc) is 2.48. The number of aromatic carboxylic acids is 1. The van der Waals surface area contributed by atoms with Crippen LogP contribution in [0.2, 0.25) is 0 Å². The van der Waals surface area contributed by atoms with Crippen molar-refractivity contribution in [3.8, 4) is 0 Å². The maximum atomic E-state index is 11.8. The molecule has 21 heavy (non-hydrogen) atoms. The van der Waals surface area contributed by atoms with E-state index in [4.69, 9.17) is 9.84 Å². The Kier molecular flexibility index (Phi) is 5.33. The molecule has 1 aromatic rings. The Hall–Kier alpha value is -1.88. The van der Waals surface area contributed by atoms with Crippen LogP contribution in [0, 0.1) is 5.92 Å². The molecule has 0 bridgehead atoms. The first-order chi connectivity index (χ1) is 10.1. The Morgan fingerprint density at radius 1 is 1.33 bits per heavy atom. The van der Waals surface area contributed by atoms with Gasteiger partial charge in [-0.05, 0) is 44.0 Å². The van der Waals surface area contributed by atoms with Gasteiger partial charge in [-0.3, -0.25) is 9.69 Å². The number of rotatable bonds is 5. The molecule has 0 saturated carbocycles. The molecule has 1 aliphatic rings. The van der Waals surface area contributed by atoms with Crippen LogP contribution in [0.3, 0.4) is 0 Å². The molecule has 1 heterocycles. The van der Waals surface area contributed by atoms with Crippen molar-refractivity contribution in [1.29, 1.82) is 0 Å². The lowest BCUT2D eigenvalue weighted by Gasteiger charge is -2.31. The van der Waals surface area contributed by atoms with E-state index in [0.29, 0.717) is 18.7 Å². The van der Waals surface area contributed by atoms with Gasteiger partial charge in [0.05, 0.1) is 18.1 Å². The van der Waals surface area contributed by atoms with Crippen LogP contribution < -0.4 is 0 Å². The summed E-state index contributed by atoms with van der Waals surface area (Å²) < 4.78 is 5.09. The smallest absolute Gasteiger partial charge is 0.335 e. The Bertz CT molecular complexity index is 498. The van der Waals surface area contributed by atoms with E-state index in [1.54, 1.807) is 12.1 Å². The van der Waals surface area contributed by atoms with Crippen LogP contribution in [0.1, 0.15) is 35.7 Å². The third kappa shape index (κ3) is 4.29. The van der Waals surface area contributed by atoms with Gasteiger partial charge in [-0.2, -0.15) is 0 Å². The van der Waals surface area contributed by atoms with Crippen molar-refractivity contribution in [2.45, 2.75) is 26.3 Å².